The summed E-state index contributed by atoms with van der Waals surface area (Å²) < 4.78 is 5.51. The lowest BCUT2D eigenvalue weighted by Crippen LogP contribution is -2.29. The van der Waals surface area contributed by atoms with Crippen molar-refractivity contribution in [1.29, 1.82) is 0 Å². The predicted octanol–water partition coefficient (Wildman–Crippen LogP) is 3.49. The molecule has 2 unspecified atom stereocenters. The number of rotatable bonds is 2. The van der Waals surface area contributed by atoms with Crippen LogP contribution in [0.5, 0.6) is 0 Å². The molecule has 0 N–H and O–H groups in total. The second-order valence-electron chi connectivity index (χ2n) is 4.77. The van der Waals surface area contributed by atoms with Crippen LogP contribution in [0, 0.1) is 19.8 Å². The summed E-state index contributed by atoms with van der Waals surface area (Å²) in [5, 5.41) is 0.272. The van der Waals surface area contributed by atoms with Crippen LogP contribution in [0.15, 0.2) is 18.2 Å². The molecule has 1 fully saturated rings. The van der Waals surface area contributed by atoms with E-state index in [1.165, 1.54) is 16.7 Å². The number of alkyl halides is 1. The van der Waals surface area contributed by atoms with Crippen LogP contribution in [0.25, 0.3) is 0 Å². The van der Waals surface area contributed by atoms with Gasteiger partial charge in [-0.2, -0.15) is 0 Å². The van der Waals surface area contributed by atoms with Gasteiger partial charge in [-0.3, -0.25) is 0 Å². The largest absolute Gasteiger partial charge is 0.381 e. The van der Waals surface area contributed by atoms with Gasteiger partial charge in [0, 0.05) is 17.9 Å². The van der Waals surface area contributed by atoms with Gasteiger partial charge in [-0.1, -0.05) is 23.8 Å². The molecule has 2 heteroatoms. The number of benzene rings is 1. The van der Waals surface area contributed by atoms with E-state index >= 15 is 0 Å². The molecule has 88 valence electrons. The van der Waals surface area contributed by atoms with E-state index in [-0.39, 0.29) is 5.38 Å². The van der Waals surface area contributed by atoms with Crippen LogP contribution in [0.4, 0.5) is 0 Å². The van der Waals surface area contributed by atoms with Gasteiger partial charge in [-0.15, -0.1) is 11.6 Å². The maximum atomic E-state index is 6.34. The van der Waals surface area contributed by atoms with E-state index in [1.54, 1.807) is 0 Å². The highest BCUT2D eigenvalue weighted by atomic mass is 35.5. The van der Waals surface area contributed by atoms with Crippen molar-refractivity contribution in [3.8, 4) is 0 Å². The molecular weight excluding hydrogens is 220 g/mol. The zero-order valence-corrected chi connectivity index (χ0v) is 10.8. The number of halogens is 1. The van der Waals surface area contributed by atoms with Crippen LogP contribution in [-0.4, -0.2) is 18.6 Å². The van der Waals surface area contributed by atoms with Gasteiger partial charge in [0.25, 0.3) is 0 Å². The standard InChI is InChI=1S/C14H19ClO/c1-10-3-4-11(2)12(7-10)8-13-9-16-6-5-14(13)15/h3-4,7,13-14H,5-6,8-9H2,1-2H3. The Morgan fingerprint density at radius 2 is 2.19 bits per heavy atom. The molecule has 1 aromatic rings. The van der Waals surface area contributed by atoms with Crippen molar-refractivity contribution in [1.82, 2.24) is 0 Å². The number of aryl methyl sites for hydroxylation is 2. The second-order valence-corrected chi connectivity index (χ2v) is 5.33. The van der Waals surface area contributed by atoms with E-state index in [9.17, 15) is 0 Å². The zero-order valence-electron chi connectivity index (χ0n) is 10.0. The molecule has 16 heavy (non-hydrogen) atoms. The number of hydrogen-bond donors (Lipinski definition) is 0. The molecule has 0 aliphatic carbocycles. The van der Waals surface area contributed by atoms with Gasteiger partial charge in [0.2, 0.25) is 0 Å². The van der Waals surface area contributed by atoms with Crippen LogP contribution >= 0.6 is 11.6 Å². The summed E-state index contributed by atoms with van der Waals surface area (Å²) in [5.41, 5.74) is 4.10. The van der Waals surface area contributed by atoms with Crippen LogP contribution in [-0.2, 0) is 11.2 Å². The fourth-order valence-corrected chi connectivity index (χ4v) is 2.51. The highest BCUT2D eigenvalue weighted by Crippen LogP contribution is 2.25. The third kappa shape index (κ3) is 2.78. The first-order valence-electron chi connectivity index (χ1n) is 5.95. The molecule has 1 aliphatic rings. The Labute approximate surface area is 103 Å². The van der Waals surface area contributed by atoms with Crippen molar-refractivity contribution in [2.24, 2.45) is 5.92 Å². The van der Waals surface area contributed by atoms with E-state index < -0.39 is 0 Å². The summed E-state index contributed by atoms with van der Waals surface area (Å²) >= 11 is 6.34. The quantitative estimate of drug-likeness (QED) is 0.717. The highest BCUT2D eigenvalue weighted by molar-refractivity contribution is 6.20. The Hall–Kier alpha value is -0.530. The van der Waals surface area contributed by atoms with Gasteiger partial charge in [0.1, 0.15) is 0 Å². The predicted molar refractivity (Wildman–Crippen MR) is 68.2 cm³/mol. The van der Waals surface area contributed by atoms with Crippen molar-refractivity contribution in [3.63, 3.8) is 0 Å². The minimum Gasteiger partial charge on any atom is -0.381 e. The Balaban J connectivity index is 2.10. The average molecular weight is 239 g/mol. The first-order chi connectivity index (χ1) is 7.66. The Morgan fingerprint density at radius 3 is 2.94 bits per heavy atom. The van der Waals surface area contributed by atoms with Gasteiger partial charge >= 0.3 is 0 Å². The molecule has 0 spiro atoms. The van der Waals surface area contributed by atoms with Crippen molar-refractivity contribution >= 4 is 11.6 Å². The molecule has 0 bridgehead atoms. The molecule has 2 atom stereocenters. The average Bonchev–Trinajstić information content (AvgIpc) is 2.27. The summed E-state index contributed by atoms with van der Waals surface area (Å²) in [6.45, 7) is 5.93. The normalized spacial score (nSPS) is 25.7. The van der Waals surface area contributed by atoms with Crippen LogP contribution in [0.2, 0.25) is 0 Å². The van der Waals surface area contributed by atoms with Gasteiger partial charge in [-0.25, -0.2) is 0 Å². The maximum Gasteiger partial charge on any atom is 0.0511 e. The van der Waals surface area contributed by atoms with Crippen LogP contribution < -0.4 is 0 Å². The third-order valence-electron chi connectivity index (χ3n) is 3.37. The minimum atomic E-state index is 0.272. The Morgan fingerprint density at radius 1 is 1.38 bits per heavy atom. The summed E-state index contributed by atoms with van der Waals surface area (Å²) in [6.07, 6.45) is 2.03. The molecule has 1 aliphatic heterocycles. The molecule has 1 nitrogen and oxygen atoms in total. The monoisotopic (exact) mass is 238 g/mol. The summed E-state index contributed by atoms with van der Waals surface area (Å²) in [7, 11) is 0. The SMILES string of the molecule is Cc1ccc(C)c(CC2COCCC2Cl)c1. The van der Waals surface area contributed by atoms with E-state index in [1.807, 2.05) is 0 Å². The molecule has 1 aromatic carbocycles. The number of hydrogen-bond acceptors (Lipinski definition) is 1. The molecule has 0 aromatic heterocycles. The summed E-state index contributed by atoms with van der Waals surface area (Å²) in [4.78, 5) is 0. The minimum absolute atomic E-state index is 0.272. The third-order valence-corrected chi connectivity index (χ3v) is 3.94. The van der Waals surface area contributed by atoms with E-state index in [0.29, 0.717) is 5.92 Å². The maximum absolute atomic E-state index is 6.34. The molecule has 0 saturated carbocycles. The van der Waals surface area contributed by atoms with Gasteiger partial charge < -0.3 is 4.74 Å². The van der Waals surface area contributed by atoms with Gasteiger partial charge in [0.15, 0.2) is 0 Å². The molecule has 1 saturated heterocycles. The zero-order chi connectivity index (χ0) is 11.5. The van der Waals surface area contributed by atoms with Crippen molar-refractivity contribution in [3.05, 3.63) is 34.9 Å². The Kier molecular flexibility index (Phi) is 3.88. The van der Waals surface area contributed by atoms with Gasteiger partial charge in [0.05, 0.1) is 6.61 Å². The fourth-order valence-electron chi connectivity index (χ4n) is 2.26. The van der Waals surface area contributed by atoms with Crippen molar-refractivity contribution in [2.45, 2.75) is 32.1 Å². The van der Waals surface area contributed by atoms with Crippen LogP contribution in [0.1, 0.15) is 23.1 Å². The summed E-state index contributed by atoms with van der Waals surface area (Å²) in [6, 6.07) is 6.62. The van der Waals surface area contributed by atoms with E-state index in [2.05, 4.69) is 32.0 Å². The van der Waals surface area contributed by atoms with Crippen LogP contribution in [0.3, 0.4) is 0 Å². The molecule has 2 rings (SSSR count). The lowest BCUT2D eigenvalue weighted by atomic mass is 9.91. The lowest BCUT2D eigenvalue weighted by molar-refractivity contribution is 0.0577. The summed E-state index contributed by atoms with van der Waals surface area (Å²) in [5.74, 6) is 0.468. The molecule has 0 amide bonds. The molecule has 1 heterocycles. The topological polar surface area (TPSA) is 9.23 Å². The van der Waals surface area contributed by atoms with Gasteiger partial charge in [-0.05, 0) is 37.8 Å². The van der Waals surface area contributed by atoms with E-state index in [0.717, 1.165) is 26.1 Å². The molecular formula is C14H19ClO. The fraction of sp³-hybridized carbons (Fsp3) is 0.571. The smallest absolute Gasteiger partial charge is 0.0511 e. The first kappa shape index (κ1) is 11.9. The number of ether oxygens (including phenoxy) is 1. The van der Waals surface area contributed by atoms with Crippen molar-refractivity contribution in [2.75, 3.05) is 13.2 Å². The molecule has 0 radical (unpaired) electrons. The van der Waals surface area contributed by atoms with E-state index in [4.69, 9.17) is 16.3 Å². The van der Waals surface area contributed by atoms with Crippen molar-refractivity contribution < 1.29 is 4.74 Å². The first-order valence-corrected chi connectivity index (χ1v) is 6.38. The Bertz CT molecular complexity index is 362. The highest BCUT2D eigenvalue weighted by Gasteiger charge is 2.24. The lowest BCUT2D eigenvalue weighted by Gasteiger charge is -2.27. The second kappa shape index (κ2) is 5.20.